The molecule has 1 aliphatic heterocycles. The average Bonchev–Trinajstić information content (AvgIpc) is 3.75. The number of benzene rings is 3. The molecular formula is C42H45N5O10S. The first-order chi connectivity index (χ1) is 27.6. The molecule has 4 amide bonds. The van der Waals surface area contributed by atoms with Crippen molar-refractivity contribution in [3.8, 4) is 22.8 Å². The van der Waals surface area contributed by atoms with Gasteiger partial charge in [-0.3, -0.25) is 14.4 Å². The number of aldehydes is 1. The van der Waals surface area contributed by atoms with Crippen molar-refractivity contribution in [2.75, 3.05) is 13.7 Å². The molecule has 2 heterocycles. The van der Waals surface area contributed by atoms with Crippen LogP contribution in [-0.2, 0) is 33.9 Å². The van der Waals surface area contributed by atoms with Crippen LogP contribution < -0.4 is 24.8 Å². The number of methoxy groups -OCH3 is 1. The highest BCUT2D eigenvalue weighted by atomic mass is 32.2. The van der Waals surface area contributed by atoms with Gasteiger partial charge in [-0.2, -0.15) is 0 Å². The number of hydrogen-bond acceptors (Lipinski definition) is 11. The molecule has 0 spiro atoms. The zero-order valence-electron chi connectivity index (χ0n) is 32.5. The maximum Gasteiger partial charge on any atom is 0.408 e. The summed E-state index contributed by atoms with van der Waals surface area (Å²) in [5.41, 5.74) is -0.658. The molecule has 304 valence electrons. The second-order valence-corrected chi connectivity index (χ2v) is 16.8. The Morgan fingerprint density at radius 2 is 1.71 bits per heavy atom. The number of carbonyl (C=O) groups is 5. The summed E-state index contributed by atoms with van der Waals surface area (Å²) in [5, 5.41) is 5.80. The second-order valence-electron chi connectivity index (χ2n) is 15.1. The monoisotopic (exact) mass is 811 g/mol. The number of pyridine rings is 1. The highest BCUT2D eigenvalue weighted by Gasteiger charge is 2.61. The van der Waals surface area contributed by atoms with Crippen molar-refractivity contribution < 1.29 is 46.6 Å². The van der Waals surface area contributed by atoms with Gasteiger partial charge < -0.3 is 34.5 Å². The lowest BCUT2D eigenvalue weighted by Gasteiger charge is -2.29. The van der Waals surface area contributed by atoms with E-state index in [0.717, 1.165) is 5.56 Å². The molecule has 0 radical (unpaired) electrons. The van der Waals surface area contributed by atoms with Crippen LogP contribution in [0.4, 0.5) is 4.79 Å². The maximum atomic E-state index is 14.4. The molecule has 3 N–H and O–H groups in total. The van der Waals surface area contributed by atoms with Gasteiger partial charge in [0.15, 0.2) is 0 Å². The van der Waals surface area contributed by atoms with Crippen LogP contribution in [0.15, 0.2) is 102 Å². The van der Waals surface area contributed by atoms with Crippen LogP contribution in [0.1, 0.15) is 40.0 Å². The van der Waals surface area contributed by atoms with Gasteiger partial charge in [0.2, 0.25) is 11.8 Å². The molecule has 58 heavy (non-hydrogen) atoms. The number of alkyl carbamates (subject to hydrolysis) is 1. The Labute approximate surface area is 336 Å². The first kappa shape index (κ1) is 41.3. The lowest BCUT2D eigenvalue weighted by molar-refractivity contribution is -0.141. The predicted molar refractivity (Wildman–Crippen MR) is 213 cm³/mol. The SMILES string of the molecule is C=C[C@@H]1C[C@]1(NC(=O)[C@@H]1CC(Oc2cc(-c3ccccc3)nc3cc(OC)ccc23)CN1C(=O)[C@H](CC=O)NC(=O)OC(C)(C)C)C(=O)NS(=O)(=O)c1ccccc1. The minimum Gasteiger partial charge on any atom is -0.497 e. The van der Waals surface area contributed by atoms with Gasteiger partial charge in [-0.15, -0.1) is 6.58 Å². The molecule has 1 aliphatic carbocycles. The van der Waals surface area contributed by atoms with Gasteiger partial charge in [-0.1, -0.05) is 54.6 Å². The Morgan fingerprint density at radius 1 is 1.02 bits per heavy atom. The molecule has 6 rings (SSSR count). The van der Waals surface area contributed by atoms with Crippen molar-refractivity contribution in [2.24, 2.45) is 5.92 Å². The fraction of sp³-hybridized carbons (Fsp3) is 0.333. The third-order valence-corrected chi connectivity index (χ3v) is 11.2. The Bertz CT molecular complexity index is 2330. The summed E-state index contributed by atoms with van der Waals surface area (Å²) in [6, 6.07) is 21.0. The van der Waals surface area contributed by atoms with E-state index < -0.39 is 75.5 Å². The summed E-state index contributed by atoms with van der Waals surface area (Å²) < 4.78 is 45.8. The molecule has 1 aromatic heterocycles. The average molecular weight is 812 g/mol. The van der Waals surface area contributed by atoms with Crippen LogP contribution in [0.3, 0.4) is 0 Å². The standard InChI is InChI=1S/C42H45N5O10S/c1-6-27-24-42(27,39(51)46-58(53,54)30-15-11-8-12-16-30)45-37(49)35-22-29(25-47(35)38(50)32(19-20-48)44-40(52)57-41(2,3)4)56-36-23-33(26-13-9-7-10-14-26)43-34-21-28(55-5)17-18-31(34)36/h6-18,20-21,23,27,29,32,35H,1,19,22,24-25H2,2-5H3,(H,44,52)(H,45,49)(H,46,51)/t27-,29?,32+,35+,42-/m1/s1. The van der Waals surface area contributed by atoms with Crippen LogP contribution >= 0.6 is 0 Å². The van der Waals surface area contributed by atoms with Gasteiger partial charge >= 0.3 is 6.09 Å². The number of sulfonamides is 1. The summed E-state index contributed by atoms with van der Waals surface area (Å²) in [5.74, 6) is -2.20. The largest absolute Gasteiger partial charge is 0.497 e. The lowest BCUT2D eigenvalue weighted by atomic mass is 10.1. The van der Waals surface area contributed by atoms with E-state index in [1.54, 1.807) is 58.2 Å². The number of rotatable bonds is 14. The van der Waals surface area contributed by atoms with E-state index in [2.05, 4.69) is 21.9 Å². The molecule has 5 atom stereocenters. The van der Waals surface area contributed by atoms with E-state index in [1.807, 2.05) is 30.3 Å². The number of likely N-dealkylation sites (tertiary alicyclic amines) is 1. The molecule has 1 saturated heterocycles. The minimum absolute atomic E-state index is 0.0433. The van der Waals surface area contributed by atoms with E-state index in [9.17, 15) is 32.4 Å². The van der Waals surface area contributed by atoms with Crippen molar-refractivity contribution in [3.63, 3.8) is 0 Å². The highest BCUT2D eigenvalue weighted by molar-refractivity contribution is 7.90. The topological polar surface area (TPSA) is 199 Å². The predicted octanol–water partition coefficient (Wildman–Crippen LogP) is 4.31. The Kier molecular flexibility index (Phi) is 11.9. The second kappa shape index (κ2) is 16.7. The van der Waals surface area contributed by atoms with E-state index in [4.69, 9.17) is 19.2 Å². The zero-order valence-corrected chi connectivity index (χ0v) is 33.3. The van der Waals surface area contributed by atoms with Gasteiger partial charge in [0.25, 0.3) is 15.9 Å². The first-order valence-electron chi connectivity index (χ1n) is 18.6. The summed E-state index contributed by atoms with van der Waals surface area (Å²) in [6.07, 6.45) is -0.348. The number of fused-ring (bicyclic) bond motifs is 1. The number of amides is 4. The quantitative estimate of drug-likeness (QED) is 0.121. The van der Waals surface area contributed by atoms with Crippen molar-refractivity contribution >= 4 is 51.0 Å². The van der Waals surface area contributed by atoms with Gasteiger partial charge in [0.1, 0.15) is 47.1 Å². The number of ether oxygens (including phenoxy) is 3. The van der Waals surface area contributed by atoms with Crippen LogP contribution in [0.2, 0.25) is 0 Å². The Hall–Kier alpha value is -6.29. The fourth-order valence-electron chi connectivity index (χ4n) is 6.89. The Morgan fingerprint density at radius 3 is 2.33 bits per heavy atom. The first-order valence-corrected chi connectivity index (χ1v) is 20.1. The smallest absolute Gasteiger partial charge is 0.408 e. The van der Waals surface area contributed by atoms with Crippen molar-refractivity contribution in [3.05, 3.63) is 97.6 Å². The van der Waals surface area contributed by atoms with E-state index in [-0.39, 0.29) is 24.3 Å². The molecule has 0 bridgehead atoms. The highest BCUT2D eigenvalue weighted by Crippen LogP contribution is 2.45. The van der Waals surface area contributed by atoms with E-state index in [1.165, 1.54) is 35.2 Å². The number of hydrogen-bond donors (Lipinski definition) is 3. The van der Waals surface area contributed by atoms with Crippen LogP contribution in [0, 0.1) is 5.92 Å². The van der Waals surface area contributed by atoms with E-state index >= 15 is 0 Å². The van der Waals surface area contributed by atoms with Crippen LogP contribution in [0.25, 0.3) is 22.2 Å². The number of carbonyl (C=O) groups excluding carboxylic acids is 5. The Balaban J connectivity index is 1.33. The molecule has 2 fully saturated rings. The number of nitrogens with one attached hydrogen (secondary N) is 3. The zero-order chi connectivity index (χ0) is 41.8. The summed E-state index contributed by atoms with van der Waals surface area (Å²) in [4.78, 5) is 72.9. The maximum absolute atomic E-state index is 14.4. The van der Waals surface area contributed by atoms with Gasteiger partial charge in [0, 0.05) is 41.8 Å². The fourth-order valence-corrected chi connectivity index (χ4v) is 7.95. The summed E-state index contributed by atoms with van der Waals surface area (Å²) >= 11 is 0. The lowest BCUT2D eigenvalue weighted by Crippen LogP contribution is -2.58. The molecule has 3 aromatic carbocycles. The van der Waals surface area contributed by atoms with E-state index in [0.29, 0.717) is 34.4 Å². The van der Waals surface area contributed by atoms with Crippen LogP contribution in [0.5, 0.6) is 11.5 Å². The van der Waals surface area contributed by atoms with Crippen LogP contribution in [-0.4, -0.2) is 91.4 Å². The molecule has 2 aliphatic rings. The summed E-state index contributed by atoms with van der Waals surface area (Å²) in [6.45, 7) is 8.50. The van der Waals surface area contributed by atoms with Crippen molar-refractivity contribution in [2.45, 2.75) is 74.3 Å². The summed E-state index contributed by atoms with van der Waals surface area (Å²) in [7, 11) is -2.77. The molecule has 15 nitrogen and oxygen atoms in total. The van der Waals surface area contributed by atoms with Crippen molar-refractivity contribution in [1.29, 1.82) is 0 Å². The molecule has 1 unspecified atom stereocenters. The van der Waals surface area contributed by atoms with Gasteiger partial charge in [0.05, 0.1) is 29.8 Å². The van der Waals surface area contributed by atoms with Crippen molar-refractivity contribution in [1.82, 2.24) is 25.2 Å². The molecule has 1 saturated carbocycles. The third kappa shape index (κ3) is 9.12. The third-order valence-electron chi connectivity index (χ3n) is 9.84. The molecule has 16 heteroatoms. The molecule has 4 aromatic rings. The number of nitrogens with zero attached hydrogens (tertiary/aromatic N) is 2. The molecular weight excluding hydrogens is 767 g/mol. The van der Waals surface area contributed by atoms with Gasteiger partial charge in [-0.05, 0) is 51.5 Å². The number of aromatic nitrogens is 1. The minimum atomic E-state index is -4.31. The normalized spacial score (nSPS) is 20.6. The van der Waals surface area contributed by atoms with Gasteiger partial charge in [-0.25, -0.2) is 22.9 Å².